The molecule has 1 heterocycles. The number of esters is 1. The number of aryl methyl sites for hydroxylation is 1. The van der Waals surface area contributed by atoms with Crippen LogP contribution in [0.5, 0.6) is 5.75 Å². The van der Waals surface area contributed by atoms with Gasteiger partial charge in [0.15, 0.2) is 23.1 Å². The Kier molecular flexibility index (Phi) is 7.02. The van der Waals surface area contributed by atoms with Crippen LogP contribution in [-0.4, -0.2) is 62.5 Å². The Labute approximate surface area is 154 Å². The first-order valence-corrected chi connectivity index (χ1v) is 10.5. The third-order valence-electron chi connectivity index (χ3n) is 4.37. The fraction of sp³-hybridized carbons (Fsp3) is 0.556. The fourth-order valence-corrected chi connectivity index (χ4v) is 4.73. The van der Waals surface area contributed by atoms with Gasteiger partial charge in [0.05, 0.1) is 11.5 Å². The van der Waals surface area contributed by atoms with Crippen molar-refractivity contribution in [3.8, 4) is 5.75 Å². The minimum Gasteiger partial charge on any atom is -0.482 e. The van der Waals surface area contributed by atoms with Gasteiger partial charge in [0, 0.05) is 12.6 Å². The monoisotopic (exact) mass is 383 g/mol. The lowest BCUT2D eigenvalue weighted by Gasteiger charge is -2.26. The maximum atomic E-state index is 12.3. The van der Waals surface area contributed by atoms with Gasteiger partial charge in [-0.1, -0.05) is 25.1 Å². The molecule has 1 aliphatic rings. The average molecular weight is 383 g/mol. The summed E-state index contributed by atoms with van der Waals surface area (Å²) in [4.78, 5) is 25.6. The van der Waals surface area contributed by atoms with Crippen molar-refractivity contribution in [2.24, 2.45) is 0 Å². The summed E-state index contributed by atoms with van der Waals surface area (Å²) in [7, 11) is -3.08. The molecule has 1 aliphatic heterocycles. The number of ether oxygens (including phenoxy) is 2. The number of likely N-dealkylation sites (N-methyl/N-ethyl adjacent to an activating group) is 1. The number of hydrogen-bond acceptors (Lipinski definition) is 6. The summed E-state index contributed by atoms with van der Waals surface area (Å²) in [5.41, 5.74) is 0.982. The molecule has 2 rings (SSSR count). The van der Waals surface area contributed by atoms with Crippen LogP contribution in [0.15, 0.2) is 24.3 Å². The predicted molar refractivity (Wildman–Crippen MR) is 96.7 cm³/mol. The van der Waals surface area contributed by atoms with Crippen molar-refractivity contribution >= 4 is 21.7 Å². The Balaban J connectivity index is 1.81. The van der Waals surface area contributed by atoms with Gasteiger partial charge in [0.1, 0.15) is 5.75 Å². The standard InChI is InChI=1S/C18H25NO6S/c1-3-14-7-5-6-8-16(14)24-12-18(21)25-11-17(20)19(4-2)15-9-10-26(22,23)13-15/h5-8,15H,3-4,9-13H2,1-2H3. The molecular formula is C18H25NO6S. The molecule has 0 radical (unpaired) electrons. The van der Waals surface area contributed by atoms with Crippen molar-refractivity contribution in [1.82, 2.24) is 4.90 Å². The van der Waals surface area contributed by atoms with Crippen molar-refractivity contribution in [3.05, 3.63) is 29.8 Å². The summed E-state index contributed by atoms with van der Waals surface area (Å²) in [5.74, 6) is -0.357. The zero-order valence-corrected chi connectivity index (χ0v) is 16.0. The molecule has 1 aromatic rings. The van der Waals surface area contributed by atoms with Gasteiger partial charge >= 0.3 is 5.97 Å². The molecule has 7 nitrogen and oxygen atoms in total. The summed E-state index contributed by atoms with van der Waals surface area (Å²) >= 11 is 0. The zero-order chi connectivity index (χ0) is 19.2. The van der Waals surface area contributed by atoms with Crippen molar-refractivity contribution in [3.63, 3.8) is 0 Å². The zero-order valence-electron chi connectivity index (χ0n) is 15.1. The van der Waals surface area contributed by atoms with E-state index < -0.39 is 28.3 Å². The maximum Gasteiger partial charge on any atom is 0.344 e. The van der Waals surface area contributed by atoms with Crippen molar-refractivity contribution < 1.29 is 27.5 Å². The normalized spacial score (nSPS) is 18.3. The van der Waals surface area contributed by atoms with Crippen molar-refractivity contribution in [1.29, 1.82) is 0 Å². The number of hydrogen-bond donors (Lipinski definition) is 0. The van der Waals surface area contributed by atoms with E-state index in [2.05, 4.69) is 0 Å². The molecule has 1 saturated heterocycles. The highest BCUT2D eigenvalue weighted by atomic mass is 32.2. The third kappa shape index (κ3) is 5.45. The Morgan fingerprint density at radius 3 is 2.54 bits per heavy atom. The summed E-state index contributed by atoms with van der Waals surface area (Å²) < 4.78 is 33.6. The van der Waals surface area contributed by atoms with Crippen LogP contribution >= 0.6 is 0 Å². The van der Waals surface area contributed by atoms with Gasteiger partial charge in [-0.2, -0.15) is 0 Å². The highest BCUT2D eigenvalue weighted by Gasteiger charge is 2.34. The Hall–Kier alpha value is -2.09. The van der Waals surface area contributed by atoms with Gasteiger partial charge in [-0.25, -0.2) is 13.2 Å². The molecule has 0 spiro atoms. The number of amides is 1. The number of sulfone groups is 1. The van der Waals surface area contributed by atoms with Gasteiger partial charge in [0.25, 0.3) is 5.91 Å². The minimum absolute atomic E-state index is 0.0303. The van der Waals surface area contributed by atoms with Crippen LogP contribution in [0.1, 0.15) is 25.8 Å². The molecule has 8 heteroatoms. The van der Waals surface area contributed by atoms with Gasteiger partial charge in [-0.3, -0.25) is 4.79 Å². The summed E-state index contributed by atoms with van der Waals surface area (Å²) in [6.07, 6.45) is 1.20. The molecular weight excluding hydrogens is 358 g/mol. The SMILES string of the molecule is CCc1ccccc1OCC(=O)OCC(=O)N(CC)C1CCS(=O)(=O)C1. The van der Waals surface area contributed by atoms with E-state index in [0.29, 0.717) is 18.7 Å². The lowest BCUT2D eigenvalue weighted by atomic mass is 10.1. The lowest BCUT2D eigenvalue weighted by Crippen LogP contribution is -2.43. The molecule has 0 N–H and O–H groups in total. The topological polar surface area (TPSA) is 90.0 Å². The number of carbonyl (C=O) groups excluding carboxylic acids is 2. The summed E-state index contributed by atoms with van der Waals surface area (Å²) in [6, 6.07) is 7.06. The molecule has 144 valence electrons. The third-order valence-corrected chi connectivity index (χ3v) is 6.12. The van der Waals surface area contributed by atoms with Crippen LogP contribution in [0.4, 0.5) is 0 Å². The van der Waals surface area contributed by atoms with Crippen LogP contribution < -0.4 is 4.74 Å². The molecule has 1 aromatic carbocycles. The highest BCUT2D eigenvalue weighted by molar-refractivity contribution is 7.91. The van der Waals surface area contributed by atoms with E-state index in [9.17, 15) is 18.0 Å². The molecule has 0 aromatic heterocycles. The first kappa shape index (κ1) is 20.2. The molecule has 1 unspecified atom stereocenters. The van der Waals surface area contributed by atoms with E-state index in [4.69, 9.17) is 9.47 Å². The maximum absolute atomic E-state index is 12.3. The molecule has 0 aliphatic carbocycles. The Morgan fingerprint density at radius 1 is 1.19 bits per heavy atom. The number of carbonyl (C=O) groups is 2. The molecule has 1 amide bonds. The van der Waals surface area contributed by atoms with E-state index in [1.54, 1.807) is 13.0 Å². The lowest BCUT2D eigenvalue weighted by molar-refractivity contribution is -0.154. The fourth-order valence-electron chi connectivity index (χ4n) is 3.00. The van der Waals surface area contributed by atoms with Crippen LogP contribution in [0.2, 0.25) is 0 Å². The Bertz CT molecular complexity index is 746. The van der Waals surface area contributed by atoms with Crippen LogP contribution in [-0.2, 0) is 30.6 Å². The van der Waals surface area contributed by atoms with Gasteiger partial charge in [-0.05, 0) is 31.4 Å². The van der Waals surface area contributed by atoms with Crippen LogP contribution in [0.25, 0.3) is 0 Å². The van der Waals surface area contributed by atoms with E-state index >= 15 is 0 Å². The quantitative estimate of drug-likeness (QED) is 0.627. The van der Waals surface area contributed by atoms with E-state index in [1.807, 2.05) is 25.1 Å². The van der Waals surface area contributed by atoms with Gasteiger partial charge in [-0.15, -0.1) is 0 Å². The van der Waals surface area contributed by atoms with E-state index in [-0.39, 0.29) is 24.2 Å². The molecule has 26 heavy (non-hydrogen) atoms. The second-order valence-corrected chi connectivity index (χ2v) is 8.38. The molecule has 1 atom stereocenters. The largest absolute Gasteiger partial charge is 0.482 e. The first-order chi connectivity index (χ1) is 12.4. The van der Waals surface area contributed by atoms with E-state index in [1.165, 1.54) is 4.90 Å². The van der Waals surface area contributed by atoms with Crippen LogP contribution in [0.3, 0.4) is 0 Å². The predicted octanol–water partition coefficient (Wildman–Crippen LogP) is 1.21. The van der Waals surface area contributed by atoms with Crippen molar-refractivity contribution in [2.75, 3.05) is 31.3 Å². The first-order valence-electron chi connectivity index (χ1n) is 8.72. The second-order valence-electron chi connectivity index (χ2n) is 6.15. The van der Waals surface area contributed by atoms with Crippen molar-refractivity contribution in [2.45, 2.75) is 32.7 Å². The summed E-state index contributed by atoms with van der Waals surface area (Å²) in [6.45, 7) is 3.43. The minimum atomic E-state index is -3.08. The number of rotatable bonds is 8. The summed E-state index contributed by atoms with van der Waals surface area (Å²) in [5, 5.41) is 0. The molecule has 1 fully saturated rings. The highest BCUT2D eigenvalue weighted by Crippen LogP contribution is 2.19. The van der Waals surface area contributed by atoms with Gasteiger partial charge < -0.3 is 14.4 Å². The molecule has 0 bridgehead atoms. The van der Waals surface area contributed by atoms with Crippen LogP contribution in [0, 0.1) is 0 Å². The number of para-hydroxylation sites is 1. The van der Waals surface area contributed by atoms with E-state index in [0.717, 1.165) is 12.0 Å². The second kappa shape index (κ2) is 9.02. The number of benzene rings is 1. The number of nitrogens with zero attached hydrogens (tertiary/aromatic N) is 1. The average Bonchev–Trinajstić information content (AvgIpc) is 2.98. The van der Waals surface area contributed by atoms with Gasteiger partial charge in [0.2, 0.25) is 0 Å². The smallest absolute Gasteiger partial charge is 0.344 e. The molecule has 0 saturated carbocycles. The Morgan fingerprint density at radius 2 is 1.92 bits per heavy atom.